The van der Waals surface area contributed by atoms with Crippen molar-refractivity contribution in [1.82, 2.24) is 18.3 Å². The van der Waals surface area contributed by atoms with Gasteiger partial charge in [0.1, 0.15) is 0 Å². The zero-order chi connectivity index (χ0) is 79.5. The van der Waals surface area contributed by atoms with Crippen molar-refractivity contribution in [2.24, 2.45) is 0 Å². The fourth-order valence-corrected chi connectivity index (χ4v) is 21.6. The van der Waals surface area contributed by atoms with E-state index in [1.54, 1.807) is 0 Å². The van der Waals surface area contributed by atoms with E-state index in [2.05, 4.69) is 422 Å². The largest absolute Gasteiger partial charge is 0.341 e. The summed E-state index contributed by atoms with van der Waals surface area (Å²) in [6.45, 7) is 12.5. The van der Waals surface area contributed by atoms with Crippen LogP contribution in [0.2, 0.25) is 0 Å². The number of hydrogen-bond acceptors (Lipinski definition) is 0. The van der Waals surface area contributed by atoms with Crippen molar-refractivity contribution in [1.29, 1.82) is 0 Å². The molecule has 0 aliphatic rings. The van der Waals surface area contributed by atoms with Gasteiger partial charge in [-0.15, -0.1) is 0 Å². The van der Waals surface area contributed by atoms with Crippen LogP contribution in [0.1, 0.15) is 27.7 Å². The molecule has 120 heavy (non-hydrogen) atoms. The molecular formula is C116H82N4. The van der Waals surface area contributed by atoms with Crippen molar-refractivity contribution in [3.05, 3.63) is 376 Å². The Hall–Kier alpha value is -14.8. The van der Waals surface area contributed by atoms with E-state index in [-0.39, 0.29) is 0 Å². The van der Waals surface area contributed by atoms with Crippen LogP contribution in [0.15, 0.2) is 376 Å². The highest BCUT2D eigenvalue weighted by Crippen LogP contribution is 2.53. The number of aromatic nitrogens is 4. The van der Waals surface area contributed by atoms with Crippen molar-refractivity contribution in [2.75, 3.05) is 0 Å². The third-order valence-electron chi connectivity index (χ3n) is 26.7. The molecule has 4 heteroatoms. The minimum atomic E-state index is 0.818. The van der Waals surface area contributed by atoms with Crippen LogP contribution in [-0.4, -0.2) is 18.3 Å². The topological polar surface area (TPSA) is 19.7 Å². The first kappa shape index (κ1) is 69.5. The van der Waals surface area contributed by atoms with Crippen LogP contribution in [0.25, 0.3) is 252 Å². The van der Waals surface area contributed by atoms with Gasteiger partial charge < -0.3 is 18.3 Å². The quantitative estimate of drug-likeness (QED) is 0.103. The normalized spacial score (nSPS) is 12.1. The number of rotatable bonds is 13. The van der Waals surface area contributed by atoms with Gasteiger partial charge in [0, 0.05) is 113 Å². The van der Waals surface area contributed by atoms with Crippen molar-refractivity contribution in [2.45, 2.75) is 53.9 Å². The Kier molecular flexibility index (Phi) is 15.9. The highest BCUT2D eigenvalue weighted by molar-refractivity contribution is 6.27. The van der Waals surface area contributed by atoms with Crippen LogP contribution in [-0.2, 0) is 26.2 Å². The average molecular weight is 1530 g/mol. The Bertz CT molecular complexity index is 8270. The summed E-state index contributed by atoms with van der Waals surface area (Å²) >= 11 is 0. The highest BCUT2D eigenvalue weighted by atomic mass is 15.0. The summed E-state index contributed by atoms with van der Waals surface area (Å²) in [5.41, 5.74) is 31.9. The Morgan fingerprint density at radius 1 is 0.150 bits per heavy atom. The van der Waals surface area contributed by atoms with Crippen molar-refractivity contribution in [3.8, 4) is 100 Å². The molecule has 0 saturated heterocycles. The molecule has 0 radical (unpaired) electrons. The number of aryl methyl sites for hydroxylation is 4. The van der Waals surface area contributed by atoms with Gasteiger partial charge in [0.15, 0.2) is 0 Å². The lowest BCUT2D eigenvalue weighted by Gasteiger charge is -2.21. The first-order valence-electron chi connectivity index (χ1n) is 42.7. The third-order valence-corrected chi connectivity index (χ3v) is 26.7. The Morgan fingerprint density at radius 2 is 0.483 bits per heavy atom. The second-order valence-electron chi connectivity index (χ2n) is 32.6. The Labute approximate surface area is 695 Å². The molecule has 566 valence electrons. The first-order valence-corrected chi connectivity index (χ1v) is 42.7. The molecule has 4 aromatic heterocycles. The molecule has 24 rings (SSSR count). The van der Waals surface area contributed by atoms with Crippen LogP contribution < -0.4 is 0 Å². The molecule has 0 saturated carbocycles. The molecule has 0 amide bonds. The van der Waals surface area contributed by atoms with E-state index in [9.17, 15) is 0 Å². The summed E-state index contributed by atoms with van der Waals surface area (Å²) in [4.78, 5) is 0. The smallest absolute Gasteiger partial charge is 0.0571 e. The maximum absolute atomic E-state index is 2.54. The monoisotopic (exact) mass is 1530 g/mol. The summed E-state index contributed by atoms with van der Waals surface area (Å²) in [6, 6.07) is 143. The van der Waals surface area contributed by atoms with Crippen molar-refractivity contribution < 1.29 is 0 Å². The van der Waals surface area contributed by atoms with Crippen LogP contribution in [0.5, 0.6) is 0 Å². The maximum atomic E-state index is 2.54. The fraction of sp³-hybridized carbons (Fsp3) is 0.0690. The molecule has 0 aliphatic carbocycles. The lowest BCUT2D eigenvalue weighted by molar-refractivity contribution is 0.827. The molecule has 0 atom stereocenters. The molecule has 0 N–H and O–H groups in total. The summed E-state index contributed by atoms with van der Waals surface area (Å²) < 4.78 is 10.1. The Morgan fingerprint density at radius 3 is 0.975 bits per heavy atom. The van der Waals surface area contributed by atoms with Crippen LogP contribution in [0.4, 0.5) is 0 Å². The lowest BCUT2D eigenvalue weighted by Crippen LogP contribution is -1.97. The van der Waals surface area contributed by atoms with Gasteiger partial charge in [-0.05, 0) is 242 Å². The van der Waals surface area contributed by atoms with E-state index < -0.39 is 0 Å². The van der Waals surface area contributed by atoms with Crippen LogP contribution in [0, 0.1) is 0 Å². The molecule has 20 aromatic carbocycles. The third kappa shape index (κ3) is 10.3. The zero-order valence-electron chi connectivity index (χ0n) is 67.4. The predicted octanol–water partition coefficient (Wildman–Crippen LogP) is 32.1. The van der Waals surface area contributed by atoms with Gasteiger partial charge in [-0.2, -0.15) is 0 Å². The summed E-state index contributed by atoms with van der Waals surface area (Å²) in [5.74, 6) is 0. The van der Waals surface area contributed by atoms with Gasteiger partial charge in [0.25, 0.3) is 0 Å². The highest BCUT2D eigenvalue weighted by Gasteiger charge is 2.27. The van der Waals surface area contributed by atoms with Gasteiger partial charge in [-0.3, -0.25) is 0 Å². The second-order valence-corrected chi connectivity index (χ2v) is 32.6. The van der Waals surface area contributed by atoms with E-state index in [0.717, 1.165) is 26.2 Å². The molecule has 0 fully saturated rings. The minimum Gasteiger partial charge on any atom is -0.341 e. The average Bonchev–Trinajstić information content (AvgIpc) is 1.00. The molecule has 4 nitrogen and oxygen atoms in total. The van der Waals surface area contributed by atoms with E-state index in [0.29, 0.717) is 0 Å². The molecule has 24 aromatic rings. The summed E-state index contributed by atoms with van der Waals surface area (Å²) in [7, 11) is 0. The van der Waals surface area contributed by atoms with Crippen molar-refractivity contribution in [3.63, 3.8) is 0 Å². The minimum absolute atomic E-state index is 0.818. The number of hydrogen-bond donors (Lipinski definition) is 0. The molecular weight excluding hydrogens is 1450 g/mol. The standard InChI is InChI=1S/C116H82N4/c1-5-117-105-50-20-17-35-85(105)88-60-55-77(67-109(88)117)79-38-23-42-90-100(79)69-101-80(39-24-43-91(101)113(90)98-62-53-71-29-15-16-34-81(71)111(98)72-30-11-9-12-31-72)78-56-61-89-104-66-75(58-64-108(104)118(6-2)110(89)68-78)74-54-59-82-76(65-74)57-63-99(112(82)73-32-13-10-14-33-73)114-92-44-25-40-83(94-46-27-48-96-86-36-18-21-51-106(86)119(7-3)115(94)96)102(92)70-103-84(41-26-45-93(103)114)95-47-28-49-97-87-37-19-22-52-107(87)120(8-4)116(95)97/h9-70H,5-8H2,1-4H3. The van der Waals surface area contributed by atoms with Crippen LogP contribution in [0.3, 0.4) is 0 Å². The second kappa shape index (κ2) is 27.4. The van der Waals surface area contributed by atoms with E-state index >= 15 is 0 Å². The van der Waals surface area contributed by atoms with E-state index in [4.69, 9.17) is 0 Å². The molecule has 0 spiro atoms. The lowest BCUT2D eigenvalue weighted by atomic mass is 9.82. The van der Waals surface area contributed by atoms with Gasteiger partial charge in [0.05, 0.1) is 11.0 Å². The molecule has 4 heterocycles. The van der Waals surface area contributed by atoms with Crippen molar-refractivity contribution >= 4 is 152 Å². The summed E-state index contributed by atoms with van der Waals surface area (Å²) in [6.07, 6.45) is 0. The zero-order valence-corrected chi connectivity index (χ0v) is 67.4. The number of fused-ring (bicyclic) bond motifs is 18. The number of benzene rings is 20. The first-order chi connectivity index (χ1) is 59.4. The molecule has 0 aliphatic heterocycles. The predicted molar refractivity (Wildman–Crippen MR) is 515 cm³/mol. The maximum Gasteiger partial charge on any atom is 0.0571 e. The summed E-state index contributed by atoms with van der Waals surface area (Å²) in [5, 5.41) is 24.8. The van der Waals surface area contributed by atoms with Gasteiger partial charge in [-0.1, -0.05) is 315 Å². The fourth-order valence-electron chi connectivity index (χ4n) is 21.6. The van der Waals surface area contributed by atoms with E-state index in [1.807, 2.05) is 0 Å². The van der Waals surface area contributed by atoms with Gasteiger partial charge >= 0.3 is 0 Å². The number of para-hydroxylation sites is 5. The van der Waals surface area contributed by atoms with Crippen LogP contribution >= 0.6 is 0 Å². The Balaban J connectivity index is 0.680. The molecule has 0 bridgehead atoms. The van der Waals surface area contributed by atoms with Gasteiger partial charge in [0.2, 0.25) is 0 Å². The molecule has 0 unspecified atom stereocenters. The SMILES string of the molecule is CCn1c2ccccc2c2ccc(-c3cccc4c(-c5ccc6ccccc6c5-c5ccccc5)c5cccc(-c6ccc7c8cc(-c9ccc%10c(-c%11ccccc%11)c(-c%11c%12cccc(-c%13cccc%14c%15ccccc%15n(CC)c%13%14)c%12cc%12c(-c%13cccc%14c%15ccccc%15n(CC)c%13%14)cccc%11%12)ccc%10c9)ccc8n(CC)c7c6)c5cc34)cc21. The van der Waals surface area contributed by atoms with Gasteiger partial charge in [-0.25, -0.2) is 0 Å². The van der Waals surface area contributed by atoms with E-state index in [1.165, 1.54) is 252 Å². The number of nitrogens with zero attached hydrogens (tertiary/aromatic N) is 4.